The van der Waals surface area contributed by atoms with Crippen LogP contribution in [0.4, 0.5) is 0 Å². The third-order valence-corrected chi connectivity index (χ3v) is 0.899. The fourth-order valence-electron chi connectivity index (χ4n) is 0.282. The quantitative estimate of drug-likeness (QED) is 0.392. The van der Waals surface area contributed by atoms with E-state index in [4.69, 9.17) is 0 Å². The van der Waals surface area contributed by atoms with Crippen molar-refractivity contribution in [3.05, 3.63) is 30.2 Å². The summed E-state index contributed by atoms with van der Waals surface area (Å²) in [6.45, 7) is 7.33. The Morgan fingerprint density at radius 3 is 2.78 bits per heavy atom. The molecule has 0 saturated heterocycles. The standard InChI is InChI=1S/C8H11N/c1-4-6-9-7-8(3)5-2/h5-7H,1H2,2-3H3/b8-5+,9-7?. The van der Waals surface area contributed by atoms with Gasteiger partial charge in [-0.1, -0.05) is 12.7 Å². The van der Waals surface area contributed by atoms with Crippen LogP contribution in [0.2, 0.25) is 0 Å². The van der Waals surface area contributed by atoms with Crippen molar-refractivity contribution in [1.82, 2.24) is 0 Å². The first-order valence-corrected chi connectivity index (χ1v) is 2.81. The van der Waals surface area contributed by atoms with Crippen molar-refractivity contribution in [3.8, 4) is 0 Å². The Balaban J connectivity index is 3.85. The maximum atomic E-state index is 3.87. The summed E-state index contributed by atoms with van der Waals surface area (Å²) in [5.74, 6) is 0. The molecule has 0 aliphatic rings. The van der Waals surface area contributed by atoms with Crippen molar-refractivity contribution in [3.63, 3.8) is 0 Å². The molecule has 0 bridgehead atoms. The lowest BCUT2D eigenvalue weighted by Gasteiger charge is -1.81. The molecule has 0 saturated carbocycles. The lowest BCUT2D eigenvalue weighted by Crippen LogP contribution is -1.72. The van der Waals surface area contributed by atoms with Gasteiger partial charge in [0.15, 0.2) is 0 Å². The molecule has 1 nitrogen and oxygen atoms in total. The minimum Gasteiger partial charge on any atom is -0.256 e. The maximum absolute atomic E-state index is 3.87. The Kier molecular flexibility index (Phi) is 4.47. The summed E-state index contributed by atoms with van der Waals surface area (Å²) in [7, 11) is 0. The van der Waals surface area contributed by atoms with Crippen LogP contribution >= 0.6 is 0 Å². The molecule has 48 valence electrons. The third kappa shape index (κ3) is 4.79. The van der Waals surface area contributed by atoms with Crippen molar-refractivity contribution in [2.24, 2.45) is 4.99 Å². The van der Waals surface area contributed by atoms with Crippen LogP contribution in [0.5, 0.6) is 0 Å². The minimum atomic E-state index is 1.14. The highest BCUT2D eigenvalue weighted by Crippen LogP contribution is 1.84. The van der Waals surface area contributed by atoms with Crippen LogP contribution in [0.15, 0.2) is 35.2 Å². The Labute approximate surface area is 56.1 Å². The molecule has 0 N–H and O–H groups in total. The summed E-state index contributed by atoms with van der Waals surface area (Å²) >= 11 is 0. The zero-order valence-corrected chi connectivity index (χ0v) is 5.89. The Morgan fingerprint density at radius 2 is 2.33 bits per heavy atom. The van der Waals surface area contributed by atoms with Crippen molar-refractivity contribution >= 4 is 6.21 Å². The van der Waals surface area contributed by atoms with E-state index in [1.54, 1.807) is 6.21 Å². The number of hydrogen-bond donors (Lipinski definition) is 0. The first kappa shape index (κ1) is 7.93. The molecule has 0 heterocycles. The maximum Gasteiger partial charge on any atom is 0.0680 e. The van der Waals surface area contributed by atoms with Crippen LogP contribution in [-0.2, 0) is 0 Å². The predicted octanol–water partition coefficient (Wildman–Crippen LogP) is 2.32. The summed E-state index contributed by atoms with van der Waals surface area (Å²) in [5, 5.41) is 0. The van der Waals surface area contributed by atoms with E-state index >= 15 is 0 Å². The number of allylic oxidation sites excluding steroid dienone is 2. The van der Waals surface area contributed by atoms with Gasteiger partial charge in [-0.05, 0) is 19.4 Å². The Morgan fingerprint density at radius 1 is 1.67 bits per heavy atom. The average molecular weight is 121 g/mol. The Hall–Kier alpha value is -1.07. The zero-order valence-electron chi connectivity index (χ0n) is 5.89. The van der Waals surface area contributed by atoms with Gasteiger partial charge in [0.25, 0.3) is 0 Å². The van der Waals surface area contributed by atoms with Crippen molar-refractivity contribution in [2.45, 2.75) is 13.8 Å². The second-order valence-electron chi connectivity index (χ2n) is 1.64. The van der Waals surface area contributed by atoms with Crippen molar-refractivity contribution in [2.75, 3.05) is 0 Å². The largest absolute Gasteiger partial charge is 0.256 e. The van der Waals surface area contributed by atoms with Gasteiger partial charge >= 0.3 is 0 Å². The summed E-state index contributed by atoms with van der Waals surface area (Å²) in [6, 6.07) is 0. The number of aliphatic imine (C=N–C) groups is 1. The van der Waals surface area contributed by atoms with Gasteiger partial charge in [-0.15, -0.1) is 5.73 Å². The molecule has 0 rings (SSSR count). The molecule has 0 aromatic rings. The van der Waals surface area contributed by atoms with E-state index in [-0.39, 0.29) is 0 Å². The number of nitrogens with zero attached hydrogens (tertiary/aromatic N) is 1. The van der Waals surface area contributed by atoms with E-state index in [0.717, 1.165) is 5.57 Å². The summed E-state index contributed by atoms with van der Waals surface area (Å²) in [6.07, 6.45) is 5.28. The van der Waals surface area contributed by atoms with E-state index in [0.29, 0.717) is 0 Å². The summed E-state index contributed by atoms with van der Waals surface area (Å²) in [4.78, 5) is 3.87. The molecule has 9 heavy (non-hydrogen) atoms. The second-order valence-corrected chi connectivity index (χ2v) is 1.64. The van der Waals surface area contributed by atoms with E-state index in [9.17, 15) is 0 Å². The van der Waals surface area contributed by atoms with E-state index in [2.05, 4.69) is 17.3 Å². The smallest absolute Gasteiger partial charge is 0.0680 e. The monoisotopic (exact) mass is 121 g/mol. The van der Waals surface area contributed by atoms with Gasteiger partial charge in [0, 0.05) is 6.21 Å². The molecule has 0 atom stereocenters. The van der Waals surface area contributed by atoms with Crippen LogP contribution in [0.25, 0.3) is 0 Å². The van der Waals surface area contributed by atoms with E-state index < -0.39 is 0 Å². The van der Waals surface area contributed by atoms with Gasteiger partial charge in [0.05, 0.1) is 6.20 Å². The van der Waals surface area contributed by atoms with Crippen LogP contribution in [0.3, 0.4) is 0 Å². The highest BCUT2D eigenvalue weighted by Gasteiger charge is 1.72. The third-order valence-electron chi connectivity index (χ3n) is 0.899. The van der Waals surface area contributed by atoms with Crippen molar-refractivity contribution in [1.29, 1.82) is 0 Å². The van der Waals surface area contributed by atoms with Gasteiger partial charge in [0.1, 0.15) is 0 Å². The molecule has 0 radical (unpaired) electrons. The normalized spacial score (nSPS) is 11.6. The van der Waals surface area contributed by atoms with Crippen molar-refractivity contribution < 1.29 is 0 Å². The first-order chi connectivity index (χ1) is 4.31. The number of rotatable bonds is 2. The van der Waals surface area contributed by atoms with Crippen LogP contribution in [0, 0.1) is 0 Å². The fraction of sp³-hybridized carbons (Fsp3) is 0.250. The lowest BCUT2D eigenvalue weighted by molar-refractivity contribution is 1.51. The van der Waals surface area contributed by atoms with Gasteiger partial charge in [-0.2, -0.15) is 0 Å². The molecule has 0 aliphatic carbocycles. The SMILES string of the molecule is C=C=CN=C/C(C)=C/C. The molecule has 0 aromatic carbocycles. The van der Waals surface area contributed by atoms with Crippen LogP contribution < -0.4 is 0 Å². The topological polar surface area (TPSA) is 12.4 Å². The fourth-order valence-corrected chi connectivity index (χ4v) is 0.282. The van der Waals surface area contributed by atoms with Gasteiger partial charge in [0.2, 0.25) is 0 Å². The zero-order chi connectivity index (χ0) is 7.11. The van der Waals surface area contributed by atoms with Gasteiger partial charge < -0.3 is 0 Å². The molecular formula is C8H11N. The molecule has 0 amide bonds. The van der Waals surface area contributed by atoms with E-state index in [1.807, 2.05) is 19.9 Å². The molecule has 0 aromatic heterocycles. The summed E-state index contributed by atoms with van der Waals surface area (Å²) in [5.41, 5.74) is 3.69. The first-order valence-electron chi connectivity index (χ1n) is 2.81. The highest BCUT2D eigenvalue weighted by atomic mass is 14.7. The molecule has 0 fully saturated rings. The van der Waals surface area contributed by atoms with Gasteiger partial charge in [-0.3, -0.25) is 4.99 Å². The number of hydrogen-bond acceptors (Lipinski definition) is 1. The van der Waals surface area contributed by atoms with Crippen LogP contribution in [-0.4, -0.2) is 6.21 Å². The predicted molar refractivity (Wildman–Crippen MR) is 41.6 cm³/mol. The molecule has 0 spiro atoms. The second kappa shape index (κ2) is 5.07. The molecule has 1 heteroatoms. The molecule has 0 aliphatic heterocycles. The highest BCUT2D eigenvalue weighted by molar-refractivity contribution is 5.77. The Bertz CT molecular complexity index is 169. The molecule has 0 unspecified atom stereocenters. The van der Waals surface area contributed by atoms with Gasteiger partial charge in [-0.25, -0.2) is 0 Å². The summed E-state index contributed by atoms with van der Waals surface area (Å²) < 4.78 is 0. The average Bonchev–Trinajstić information content (AvgIpc) is 1.89. The lowest BCUT2D eigenvalue weighted by atomic mass is 10.3. The van der Waals surface area contributed by atoms with Crippen LogP contribution in [0.1, 0.15) is 13.8 Å². The minimum absolute atomic E-state index is 1.14. The van der Waals surface area contributed by atoms with E-state index in [1.165, 1.54) is 6.20 Å². The molecular weight excluding hydrogens is 110 g/mol.